The van der Waals surface area contributed by atoms with Crippen molar-refractivity contribution in [3.8, 4) is 22.0 Å². The molecule has 5 heteroatoms. The van der Waals surface area contributed by atoms with E-state index >= 15 is 0 Å². The zero-order valence-corrected chi connectivity index (χ0v) is 16.3. The van der Waals surface area contributed by atoms with E-state index in [-0.39, 0.29) is 5.91 Å². The van der Waals surface area contributed by atoms with Crippen LogP contribution < -0.4 is 5.32 Å². The van der Waals surface area contributed by atoms with Crippen LogP contribution in [0.3, 0.4) is 0 Å². The number of hydrogen-bond donors (Lipinski definition) is 1. The van der Waals surface area contributed by atoms with Gasteiger partial charge in [-0.15, -0.1) is 11.3 Å². The van der Waals surface area contributed by atoms with Gasteiger partial charge in [-0.3, -0.25) is 4.79 Å². The second-order valence-electron chi connectivity index (χ2n) is 7.18. The van der Waals surface area contributed by atoms with Crippen LogP contribution in [0, 0.1) is 0 Å². The van der Waals surface area contributed by atoms with Gasteiger partial charge in [0.25, 0.3) is 0 Å². The maximum Gasteiger partial charge on any atom is 0.240 e. The average Bonchev–Trinajstić information content (AvgIpc) is 3.27. The number of carbonyl (C=O) groups is 1. The highest BCUT2D eigenvalue weighted by atomic mass is 32.1. The monoisotopic (exact) mass is 379 g/mol. The molecule has 4 nitrogen and oxygen atoms in total. The molecule has 2 heterocycles. The van der Waals surface area contributed by atoms with Gasteiger partial charge in [0.1, 0.15) is 11.6 Å². The Kier molecular flexibility index (Phi) is 5.68. The molecular weight excluding hydrogens is 354 g/mol. The Bertz CT molecular complexity index is 876. The lowest BCUT2D eigenvalue weighted by Gasteiger charge is -2.17. The first-order valence-electron chi connectivity index (χ1n) is 9.75. The lowest BCUT2D eigenvalue weighted by molar-refractivity contribution is -0.122. The first kappa shape index (κ1) is 18.0. The standard InChI is InChI=1S/C22H25N3OS/c26-21(23-18-11-6-1-2-7-12-18)15-25-14-8-13-20(25)22-24-19(16-27-22)17-9-4-3-5-10-17/h3-5,8-10,13-14,16,18H,1-2,6-7,11-12,15H2,(H,23,26). The van der Waals surface area contributed by atoms with Crippen molar-refractivity contribution >= 4 is 17.2 Å². The maximum atomic E-state index is 12.6. The SMILES string of the molecule is O=C(Cn1cccc1-c1nc(-c2ccccc2)cs1)NC1CCCCCC1. The van der Waals surface area contributed by atoms with Gasteiger partial charge in [0, 0.05) is 23.2 Å². The molecule has 4 rings (SSSR count). The molecule has 0 bridgehead atoms. The molecule has 1 N–H and O–H groups in total. The number of nitrogens with one attached hydrogen (secondary N) is 1. The van der Waals surface area contributed by atoms with Gasteiger partial charge >= 0.3 is 0 Å². The summed E-state index contributed by atoms with van der Waals surface area (Å²) in [5.74, 6) is 0.0965. The summed E-state index contributed by atoms with van der Waals surface area (Å²) in [6.07, 6.45) is 9.21. The molecule has 0 radical (unpaired) electrons. The lowest BCUT2D eigenvalue weighted by Crippen LogP contribution is -2.36. The first-order chi connectivity index (χ1) is 13.3. The van der Waals surface area contributed by atoms with Crippen molar-refractivity contribution in [1.82, 2.24) is 14.9 Å². The van der Waals surface area contributed by atoms with E-state index in [1.54, 1.807) is 11.3 Å². The van der Waals surface area contributed by atoms with Crippen LogP contribution in [0.1, 0.15) is 38.5 Å². The summed E-state index contributed by atoms with van der Waals surface area (Å²) in [5, 5.41) is 6.25. The summed E-state index contributed by atoms with van der Waals surface area (Å²) in [5.41, 5.74) is 3.09. The van der Waals surface area contributed by atoms with E-state index < -0.39 is 0 Å². The Morgan fingerprint density at radius 1 is 1.07 bits per heavy atom. The average molecular weight is 380 g/mol. The minimum absolute atomic E-state index is 0.0965. The highest BCUT2D eigenvalue weighted by Crippen LogP contribution is 2.29. The molecule has 0 unspecified atom stereocenters. The molecule has 0 atom stereocenters. The highest BCUT2D eigenvalue weighted by Gasteiger charge is 2.16. The normalized spacial score (nSPS) is 15.4. The van der Waals surface area contributed by atoms with Crippen molar-refractivity contribution in [2.24, 2.45) is 0 Å². The summed E-state index contributed by atoms with van der Waals surface area (Å²) in [6, 6.07) is 14.5. The number of benzene rings is 1. The van der Waals surface area contributed by atoms with E-state index in [4.69, 9.17) is 4.98 Å². The molecule has 2 aromatic heterocycles. The van der Waals surface area contributed by atoms with Crippen molar-refractivity contribution in [3.05, 3.63) is 54.0 Å². The fourth-order valence-corrected chi connectivity index (χ4v) is 4.60. The van der Waals surface area contributed by atoms with E-state index in [1.165, 1.54) is 25.7 Å². The van der Waals surface area contributed by atoms with Gasteiger partial charge in [-0.1, -0.05) is 56.0 Å². The fourth-order valence-electron chi connectivity index (χ4n) is 3.73. The minimum atomic E-state index is 0.0965. The lowest BCUT2D eigenvalue weighted by atomic mass is 10.1. The molecule has 3 aromatic rings. The van der Waals surface area contributed by atoms with Crippen LogP contribution in [0.4, 0.5) is 0 Å². The molecular formula is C22H25N3OS. The van der Waals surface area contributed by atoms with E-state index in [1.807, 2.05) is 41.1 Å². The van der Waals surface area contributed by atoms with Gasteiger partial charge in [-0.05, 0) is 25.0 Å². The topological polar surface area (TPSA) is 46.9 Å². The number of nitrogens with zero attached hydrogens (tertiary/aromatic N) is 2. The largest absolute Gasteiger partial charge is 0.352 e. The Hall–Kier alpha value is -2.40. The number of hydrogen-bond acceptors (Lipinski definition) is 3. The van der Waals surface area contributed by atoms with Gasteiger partial charge in [0.05, 0.1) is 11.4 Å². The Morgan fingerprint density at radius 3 is 2.63 bits per heavy atom. The molecule has 1 saturated carbocycles. The van der Waals surface area contributed by atoms with E-state index in [0.717, 1.165) is 34.8 Å². The second-order valence-corrected chi connectivity index (χ2v) is 8.04. The van der Waals surface area contributed by atoms with E-state index in [0.29, 0.717) is 12.6 Å². The second kappa shape index (κ2) is 8.53. The van der Waals surface area contributed by atoms with Crippen molar-refractivity contribution in [2.75, 3.05) is 0 Å². The van der Waals surface area contributed by atoms with Gasteiger partial charge in [-0.25, -0.2) is 4.98 Å². The quantitative estimate of drug-likeness (QED) is 0.626. The van der Waals surface area contributed by atoms with Crippen LogP contribution in [0.2, 0.25) is 0 Å². The van der Waals surface area contributed by atoms with Crippen molar-refractivity contribution < 1.29 is 4.79 Å². The summed E-state index contributed by atoms with van der Waals surface area (Å²) in [4.78, 5) is 17.3. The van der Waals surface area contributed by atoms with Crippen LogP contribution in [0.25, 0.3) is 22.0 Å². The number of rotatable bonds is 5. The molecule has 1 aliphatic rings. The number of carbonyl (C=O) groups excluding carboxylic acids is 1. The third kappa shape index (κ3) is 4.48. The van der Waals surface area contributed by atoms with Crippen LogP contribution in [-0.2, 0) is 11.3 Å². The Labute approximate surface area is 164 Å². The van der Waals surface area contributed by atoms with Crippen LogP contribution in [-0.4, -0.2) is 21.5 Å². The molecule has 27 heavy (non-hydrogen) atoms. The molecule has 140 valence electrons. The zero-order valence-electron chi connectivity index (χ0n) is 15.4. The van der Waals surface area contributed by atoms with Crippen molar-refractivity contribution in [3.63, 3.8) is 0 Å². The molecule has 1 fully saturated rings. The predicted molar refractivity (Wildman–Crippen MR) is 111 cm³/mol. The Morgan fingerprint density at radius 2 is 1.85 bits per heavy atom. The summed E-state index contributed by atoms with van der Waals surface area (Å²) in [7, 11) is 0. The van der Waals surface area contributed by atoms with Crippen LogP contribution in [0.5, 0.6) is 0 Å². The molecule has 1 amide bonds. The van der Waals surface area contributed by atoms with Crippen molar-refractivity contribution in [2.45, 2.75) is 51.1 Å². The number of aromatic nitrogens is 2. The van der Waals surface area contributed by atoms with Crippen molar-refractivity contribution in [1.29, 1.82) is 0 Å². The Balaban J connectivity index is 1.45. The van der Waals surface area contributed by atoms with E-state index in [2.05, 4.69) is 22.8 Å². The predicted octanol–water partition coefficient (Wildman–Crippen LogP) is 5.12. The molecule has 0 aliphatic heterocycles. The molecule has 0 spiro atoms. The summed E-state index contributed by atoms with van der Waals surface area (Å²) in [6.45, 7) is 0.346. The highest BCUT2D eigenvalue weighted by molar-refractivity contribution is 7.13. The fraction of sp³-hybridized carbons (Fsp3) is 0.364. The van der Waals surface area contributed by atoms with Gasteiger partial charge < -0.3 is 9.88 Å². The van der Waals surface area contributed by atoms with Crippen LogP contribution >= 0.6 is 11.3 Å². The molecule has 1 aromatic carbocycles. The molecule has 1 aliphatic carbocycles. The summed E-state index contributed by atoms with van der Waals surface area (Å²) < 4.78 is 2.00. The van der Waals surface area contributed by atoms with Crippen LogP contribution in [0.15, 0.2) is 54.0 Å². The number of thiazole rings is 1. The molecule has 0 saturated heterocycles. The third-order valence-corrected chi connectivity index (χ3v) is 6.02. The minimum Gasteiger partial charge on any atom is -0.352 e. The third-order valence-electron chi connectivity index (χ3n) is 5.16. The maximum absolute atomic E-state index is 12.6. The zero-order chi connectivity index (χ0) is 18.5. The first-order valence-corrected chi connectivity index (χ1v) is 10.6. The van der Waals surface area contributed by atoms with Gasteiger partial charge in [0.15, 0.2) is 0 Å². The number of amides is 1. The summed E-state index contributed by atoms with van der Waals surface area (Å²) >= 11 is 1.62. The van der Waals surface area contributed by atoms with Gasteiger partial charge in [0.2, 0.25) is 5.91 Å². The smallest absolute Gasteiger partial charge is 0.240 e. The van der Waals surface area contributed by atoms with Gasteiger partial charge in [-0.2, -0.15) is 0 Å². The van der Waals surface area contributed by atoms with E-state index in [9.17, 15) is 4.79 Å².